The molecule has 2 rings (SSSR count). The SMILES string of the molecule is CCN(Cc1cnc(C(F)(F)F)s1)C1CCCNCC1.Cl. The van der Waals surface area contributed by atoms with Crippen molar-refractivity contribution < 1.29 is 13.2 Å². The van der Waals surface area contributed by atoms with Crippen molar-refractivity contribution in [2.24, 2.45) is 0 Å². The van der Waals surface area contributed by atoms with E-state index in [4.69, 9.17) is 0 Å². The Morgan fingerprint density at radius 1 is 1.38 bits per heavy atom. The van der Waals surface area contributed by atoms with Gasteiger partial charge >= 0.3 is 6.18 Å². The van der Waals surface area contributed by atoms with Crippen LogP contribution in [0.5, 0.6) is 0 Å². The van der Waals surface area contributed by atoms with Gasteiger partial charge in [0.1, 0.15) is 0 Å². The maximum Gasteiger partial charge on any atom is 0.443 e. The number of rotatable bonds is 4. The van der Waals surface area contributed by atoms with E-state index in [1.54, 1.807) is 0 Å². The van der Waals surface area contributed by atoms with Crippen molar-refractivity contribution in [3.63, 3.8) is 0 Å². The Balaban J connectivity index is 0.00000220. The van der Waals surface area contributed by atoms with Gasteiger partial charge in [0.2, 0.25) is 0 Å². The number of thiazole rings is 1. The van der Waals surface area contributed by atoms with E-state index in [1.165, 1.54) is 6.20 Å². The van der Waals surface area contributed by atoms with Crippen LogP contribution in [0.15, 0.2) is 6.20 Å². The Morgan fingerprint density at radius 3 is 2.76 bits per heavy atom. The lowest BCUT2D eigenvalue weighted by molar-refractivity contribution is -0.137. The topological polar surface area (TPSA) is 28.2 Å². The van der Waals surface area contributed by atoms with Gasteiger partial charge in [-0.1, -0.05) is 6.92 Å². The second kappa shape index (κ2) is 8.31. The lowest BCUT2D eigenvalue weighted by Gasteiger charge is -2.29. The zero-order chi connectivity index (χ0) is 14.6. The molecule has 1 atom stereocenters. The Labute approximate surface area is 133 Å². The summed E-state index contributed by atoms with van der Waals surface area (Å²) in [6.07, 6.45) is 0.319. The van der Waals surface area contributed by atoms with Crippen molar-refractivity contribution >= 4 is 23.7 Å². The average Bonchev–Trinajstić information content (AvgIpc) is 2.71. The van der Waals surface area contributed by atoms with Gasteiger partial charge in [-0.15, -0.1) is 23.7 Å². The van der Waals surface area contributed by atoms with E-state index in [1.807, 2.05) is 0 Å². The fourth-order valence-corrected chi connectivity index (χ4v) is 3.38. The van der Waals surface area contributed by atoms with E-state index in [0.717, 1.165) is 50.2 Å². The van der Waals surface area contributed by atoms with Crippen LogP contribution in [0, 0.1) is 0 Å². The largest absolute Gasteiger partial charge is 0.443 e. The van der Waals surface area contributed by atoms with Crippen LogP contribution in [0.4, 0.5) is 13.2 Å². The standard InChI is InChI=1S/C13H20F3N3S.ClH/c1-2-19(10-4-3-6-17-7-5-10)9-11-8-18-12(20-11)13(14,15)16;/h8,10,17H,2-7,9H2,1H3;1H. The maximum atomic E-state index is 12.6. The molecule has 1 aliphatic rings. The molecule has 0 spiro atoms. The Kier molecular flexibility index (Phi) is 7.39. The highest BCUT2D eigenvalue weighted by Crippen LogP contribution is 2.33. The van der Waals surface area contributed by atoms with Crippen molar-refractivity contribution in [1.82, 2.24) is 15.2 Å². The Hall–Kier alpha value is -0.370. The summed E-state index contributed by atoms with van der Waals surface area (Å²) in [6, 6.07) is 0.450. The Bertz CT molecular complexity index is 417. The van der Waals surface area contributed by atoms with Crippen LogP contribution in [-0.2, 0) is 12.7 Å². The lowest BCUT2D eigenvalue weighted by Crippen LogP contribution is -2.35. The van der Waals surface area contributed by atoms with Crippen LogP contribution in [0.3, 0.4) is 0 Å². The van der Waals surface area contributed by atoms with E-state index in [9.17, 15) is 13.2 Å². The second-order valence-electron chi connectivity index (χ2n) is 5.03. The van der Waals surface area contributed by atoms with E-state index < -0.39 is 11.2 Å². The molecule has 1 aliphatic heterocycles. The summed E-state index contributed by atoms with van der Waals surface area (Å²) in [7, 11) is 0. The second-order valence-corrected chi connectivity index (χ2v) is 6.14. The molecule has 8 heteroatoms. The molecule has 1 unspecified atom stereocenters. The van der Waals surface area contributed by atoms with Gasteiger partial charge in [0.25, 0.3) is 0 Å². The summed E-state index contributed by atoms with van der Waals surface area (Å²) in [5, 5.41) is 2.61. The molecule has 21 heavy (non-hydrogen) atoms. The van der Waals surface area contributed by atoms with Gasteiger partial charge < -0.3 is 5.32 Å². The van der Waals surface area contributed by atoms with E-state index >= 15 is 0 Å². The molecule has 1 aromatic rings. The lowest BCUT2D eigenvalue weighted by atomic mass is 10.1. The van der Waals surface area contributed by atoms with Gasteiger partial charge in [0.15, 0.2) is 5.01 Å². The molecule has 1 saturated heterocycles. The third kappa shape index (κ3) is 5.39. The van der Waals surface area contributed by atoms with Gasteiger partial charge in [-0.3, -0.25) is 4.90 Å². The zero-order valence-electron chi connectivity index (χ0n) is 11.9. The van der Waals surface area contributed by atoms with Crippen LogP contribution in [-0.4, -0.2) is 35.6 Å². The fraction of sp³-hybridized carbons (Fsp3) is 0.769. The highest BCUT2D eigenvalue weighted by atomic mass is 35.5. The first kappa shape index (κ1) is 18.7. The predicted octanol–water partition coefficient (Wildman–Crippen LogP) is 3.55. The molecule has 0 amide bonds. The van der Waals surface area contributed by atoms with Crippen molar-refractivity contribution in [1.29, 1.82) is 0 Å². The average molecular weight is 344 g/mol. The van der Waals surface area contributed by atoms with Crippen LogP contribution in [0.25, 0.3) is 0 Å². The van der Waals surface area contributed by atoms with E-state index in [0.29, 0.717) is 17.5 Å². The molecule has 0 radical (unpaired) electrons. The summed E-state index contributed by atoms with van der Waals surface area (Å²) in [5.74, 6) is 0. The van der Waals surface area contributed by atoms with Crippen molar-refractivity contribution in [2.45, 2.75) is 44.9 Å². The molecule has 1 aromatic heterocycles. The molecule has 3 nitrogen and oxygen atoms in total. The molecule has 1 N–H and O–H groups in total. The van der Waals surface area contributed by atoms with Gasteiger partial charge in [-0.2, -0.15) is 13.2 Å². The molecule has 2 heterocycles. The monoisotopic (exact) mass is 343 g/mol. The number of aromatic nitrogens is 1. The van der Waals surface area contributed by atoms with Crippen molar-refractivity contribution in [3.8, 4) is 0 Å². The smallest absolute Gasteiger partial charge is 0.317 e. The van der Waals surface area contributed by atoms with Gasteiger partial charge in [0.05, 0.1) is 0 Å². The summed E-state index contributed by atoms with van der Waals surface area (Å²) in [6.45, 7) is 5.49. The minimum absolute atomic E-state index is 0. The van der Waals surface area contributed by atoms with Crippen LogP contribution in [0.2, 0.25) is 0 Å². The van der Waals surface area contributed by atoms with Gasteiger partial charge in [-0.05, 0) is 38.9 Å². The molecule has 1 fully saturated rings. The minimum atomic E-state index is -4.33. The molecular weight excluding hydrogens is 323 g/mol. The fourth-order valence-electron chi connectivity index (χ4n) is 2.58. The number of hydrogen-bond donors (Lipinski definition) is 1. The molecular formula is C13H21ClF3N3S. The van der Waals surface area contributed by atoms with Crippen molar-refractivity contribution in [2.75, 3.05) is 19.6 Å². The first-order chi connectivity index (χ1) is 9.50. The molecule has 0 aliphatic carbocycles. The third-order valence-electron chi connectivity index (χ3n) is 3.62. The molecule has 0 saturated carbocycles. The van der Waals surface area contributed by atoms with Gasteiger partial charge in [-0.25, -0.2) is 4.98 Å². The first-order valence-electron chi connectivity index (χ1n) is 6.97. The highest BCUT2D eigenvalue weighted by molar-refractivity contribution is 7.11. The van der Waals surface area contributed by atoms with Crippen LogP contribution >= 0.6 is 23.7 Å². The molecule has 0 bridgehead atoms. The first-order valence-corrected chi connectivity index (χ1v) is 7.79. The normalized spacial score (nSPS) is 20.1. The third-order valence-corrected chi connectivity index (χ3v) is 4.65. The van der Waals surface area contributed by atoms with Crippen molar-refractivity contribution in [3.05, 3.63) is 16.1 Å². The van der Waals surface area contributed by atoms with Crippen LogP contribution < -0.4 is 5.32 Å². The summed E-state index contributed by atoms with van der Waals surface area (Å²) in [4.78, 5) is 6.45. The number of halogens is 4. The van der Waals surface area contributed by atoms with Crippen LogP contribution in [0.1, 0.15) is 36.1 Å². The Morgan fingerprint density at radius 2 is 2.14 bits per heavy atom. The van der Waals surface area contributed by atoms with E-state index in [-0.39, 0.29) is 12.4 Å². The summed E-state index contributed by atoms with van der Waals surface area (Å²) in [5.41, 5.74) is 0. The minimum Gasteiger partial charge on any atom is -0.317 e. The molecule has 0 aromatic carbocycles. The number of nitrogens with one attached hydrogen (secondary N) is 1. The predicted molar refractivity (Wildman–Crippen MR) is 81.0 cm³/mol. The number of nitrogens with zero attached hydrogens (tertiary/aromatic N) is 2. The quantitative estimate of drug-likeness (QED) is 0.906. The zero-order valence-corrected chi connectivity index (χ0v) is 13.6. The summed E-state index contributed by atoms with van der Waals surface area (Å²) >= 11 is 0.759. The molecule has 122 valence electrons. The number of alkyl halides is 3. The van der Waals surface area contributed by atoms with Gasteiger partial charge in [0, 0.05) is 23.7 Å². The van der Waals surface area contributed by atoms with E-state index in [2.05, 4.69) is 22.1 Å². The summed E-state index contributed by atoms with van der Waals surface area (Å²) < 4.78 is 37.7. The number of hydrogen-bond acceptors (Lipinski definition) is 4. The maximum absolute atomic E-state index is 12.6. The highest BCUT2D eigenvalue weighted by Gasteiger charge is 2.34.